The van der Waals surface area contributed by atoms with Crippen LogP contribution in [0, 0.1) is 24.2 Å². The lowest BCUT2D eigenvalue weighted by atomic mass is 9.92. The number of anilines is 2. The number of oxazole rings is 1. The Morgan fingerprint density at radius 2 is 1.70 bits per heavy atom. The number of carboxylic acids is 1. The van der Waals surface area contributed by atoms with E-state index in [1.165, 1.54) is 0 Å². The van der Waals surface area contributed by atoms with E-state index in [1.807, 2.05) is 59.2 Å². The van der Waals surface area contributed by atoms with Gasteiger partial charge >= 0.3 is 5.97 Å². The normalized spacial score (nSPS) is 18.8. The van der Waals surface area contributed by atoms with Crippen molar-refractivity contribution in [1.82, 2.24) is 29.7 Å². The van der Waals surface area contributed by atoms with Gasteiger partial charge in [-0.3, -0.25) is 19.6 Å². The van der Waals surface area contributed by atoms with Crippen molar-refractivity contribution in [3.8, 4) is 28.7 Å². The summed E-state index contributed by atoms with van der Waals surface area (Å²) in [5.41, 5.74) is 9.40. The molecule has 14 heteroatoms. The van der Waals surface area contributed by atoms with E-state index in [2.05, 4.69) is 27.0 Å². The molecular weight excluding hydrogens is 719 g/mol. The molecule has 2 saturated heterocycles. The molecule has 12 nitrogen and oxygen atoms in total. The Labute approximate surface area is 320 Å². The number of nitrogens with zero attached hydrogens (tertiary/aromatic N) is 8. The quantitative estimate of drug-likeness (QED) is 0.160. The molecule has 0 spiro atoms. The van der Waals surface area contributed by atoms with Gasteiger partial charge in [0.15, 0.2) is 17.2 Å². The molecule has 6 heterocycles. The summed E-state index contributed by atoms with van der Waals surface area (Å²) < 4.78 is 34.8. The number of carbonyl (C=O) groups is 1. The summed E-state index contributed by atoms with van der Waals surface area (Å²) in [6, 6.07) is 19.7. The maximum Gasteiger partial charge on any atom is 0.307 e. The summed E-state index contributed by atoms with van der Waals surface area (Å²) in [5, 5.41) is 29.4. The lowest BCUT2D eigenvalue weighted by molar-refractivity contribution is -0.141. The van der Waals surface area contributed by atoms with Gasteiger partial charge in [0.2, 0.25) is 5.89 Å². The molecule has 0 aliphatic carbocycles. The Bertz CT molecular complexity index is 2570. The molecule has 3 aromatic heterocycles. The Morgan fingerprint density at radius 3 is 2.46 bits per heavy atom. The standard InChI is InChI=1S/C42H38F2N8O4/c1-23-29(4-2-5-30(23)41-48-34-15-24(14-27(17-45)37(34)56-41)19-51-12-9-28(53)22-51)31-6-3-7-35-32(31)10-13-52(35)40-36-33(47-39(49-40)38(43)44)16-25(18-46-36)20-50-11-8-26(21-50)42(54)55/h2-7,14-16,18,26,28,38,53H,8-13,19-22H2,1H3,(H,54,55)/t26-,28-/m1/s1. The molecule has 3 aliphatic heterocycles. The van der Waals surface area contributed by atoms with Crippen LogP contribution in [-0.4, -0.2) is 84.7 Å². The topological polar surface area (TPSA) is 156 Å². The van der Waals surface area contributed by atoms with Gasteiger partial charge in [0.1, 0.15) is 17.1 Å². The minimum Gasteiger partial charge on any atom is -0.481 e. The van der Waals surface area contributed by atoms with E-state index >= 15 is 0 Å². The number of aromatic nitrogens is 4. The number of halogens is 2. The third-order valence-corrected chi connectivity index (χ3v) is 11.3. The molecule has 56 heavy (non-hydrogen) atoms. The van der Waals surface area contributed by atoms with Crippen molar-refractivity contribution >= 4 is 39.6 Å². The molecule has 0 unspecified atom stereocenters. The second-order valence-corrected chi connectivity index (χ2v) is 15.0. The summed E-state index contributed by atoms with van der Waals surface area (Å²) in [6.07, 6.45) is 0.390. The maximum absolute atomic E-state index is 14.3. The van der Waals surface area contributed by atoms with Crippen LogP contribution in [0.15, 0.2) is 65.2 Å². The first-order chi connectivity index (χ1) is 27.1. The number of carboxylic acid groups (broad SMARTS) is 1. The van der Waals surface area contributed by atoms with Gasteiger partial charge in [-0.1, -0.05) is 24.3 Å². The van der Waals surface area contributed by atoms with Gasteiger partial charge in [0.05, 0.1) is 23.1 Å². The van der Waals surface area contributed by atoms with Gasteiger partial charge in [-0.15, -0.1) is 0 Å². The fourth-order valence-corrected chi connectivity index (χ4v) is 8.53. The number of pyridine rings is 1. The predicted octanol–water partition coefficient (Wildman–Crippen LogP) is 6.79. The molecule has 0 amide bonds. The number of nitriles is 1. The summed E-state index contributed by atoms with van der Waals surface area (Å²) in [7, 11) is 0. The van der Waals surface area contributed by atoms with Crippen LogP contribution < -0.4 is 4.90 Å². The number of β-amino-alcohol motifs (C(OH)–C–C–N with tert-alkyl or cyclic N) is 1. The SMILES string of the molecule is Cc1c(-c2nc3cc(CN4CC[C@@H](O)C4)cc(C#N)c3o2)cccc1-c1cccc2c1CCN2c1nc(C(F)F)nc2cc(CN3CC[C@@H](C(=O)O)C3)cnc12. The maximum atomic E-state index is 14.3. The molecule has 9 rings (SSSR count). The Morgan fingerprint density at radius 1 is 0.946 bits per heavy atom. The van der Waals surface area contributed by atoms with Gasteiger partial charge in [-0.2, -0.15) is 5.26 Å². The molecule has 0 radical (unpaired) electrons. The number of fused-ring (bicyclic) bond motifs is 3. The average Bonchev–Trinajstić information content (AvgIpc) is 4.01. The van der Waals surface area contributed by atoms with Gasteiger partial charge in [-0.05, 0) is 96.4 Å². The minimum absolute atomic E-state index is 0.310. The van der Waals surface area contributed by atoms with E-state index < -0.39 is 24.1 Å². The van der Waals surface area contributed by atoms with Crippen LogP contribution in [0.2, 0.25) is 0 Å². The number of alkyl halides is 2. The molecule has 6 aromatic rings. The summed E-state index contributed by atoms with van der Waals surface area (Å²) in [5.74, 6) is -1.10. The third kappa shape index (κ3) is 6.51. The second kappa shape index (κ2) is 14.3. The molecule has 3 aliphatic rings. The summed E-state index contributed by atoms with van der Waals surface area (Å²) in [4.78, 5) is 35.7. The van der Waals surface area contributed by atoms with Crippen molar-refractivity contribution in [3.63, 3.8) is 0 Å². The molecule has 0 saturated carbocycles. The van der Waals surface area contributed by atoms with Crippen molar-refractivity contribution in [2.75, 3.05) is 37.6 Å². The molecule has 2 fully saturated rings. The van der Waals surface area contributed by atoms with Crippen molar-refractivity contribution in [3.05, 3.63) is 94.4 Å². The van der Waals surface area contributed by atoms with Gasteiger partial charge in [0.25, 0.3) is 6.43 Å². The van der Waals surface area contributed by atoms with Crippen LogP contribution in [-0.2, 0) is 24.3 Å². The monoisotopic (exact) mass is 756 g/mol. The zero-order valence-corrected chi connectivity index (χ0v) is 30.6. The Kier molecular flexibility index (Phi) is 9.15. The Balaban J connectivity index is 1.04. The highest BCUT2D eigenvalue weighted by Crippen LogP contribution is 2.43. The first-order valence-electron chi connectivity index (χ1n) is 18.8. The Hall–Kier alpha value is -5.88. The molecule has 2 N–H and O–H groups in total. The van der Waals surface area contributed by atoms with Gasteiger partial charge in [0, 0.05) is 56.7 Å². The number of aliphatic hydroxyl groups excluding tert-OH is 1. The van der Waals surface area contributed by atoms with Crippen LogP contribution in [0.3, 0.4) is 0 Å². The molecule has 3 aromatic carbocycles. The van der Waals surface area contributed by atoms with E-state index in [9.17, 15) is 29.1 Å². The van der Waals surface area contributed by atoms with Crippen LogP contribution in [0.1, 0.15) is 52.9 Å². The van der Waals surface area contributed by atoms with E-state index in [-0.39, 0.29) is 6.10 Å². The molecule has 284 valence electrons. The average molecular weight is 757 g/mol. The van der Waals surface area contributed by atoms with E-state index in [0.717, 1.165) is 57.6 Å². The van der Waals surface area contributed by atoms with Gasteiger partial charge in [-0.25, -0.2) is 23.7 Å². The highest BCUT2D eigenvalue weighted by molar-refractivity contribution is 5.92. The fraction of sp³-hybridized carbons (Fsp3) is 0.333. The third-order valence-electron chi connectivity index (χ3n) is 11.3. The number of hydrogen-bond acceptors (Lipinski definition) is 11. The number of likely N-dealkylation sites (tertiary alicyclic amines) is 2. The number of aliphatic carboxylic acids is 1. The number of benzene rings is 3. The first-order valence-corrected chi connectivity index (χ1v) is 18.8. The molecule has 0 bridgehead atoms. The van der Waals surface area contributed by atoms with Crippen LogP contribution >= 0.6 is 0 Å². The lowest BCUT2D eigenvalue weighted by Gasteiger charge is -2.21. The predicted molar refractivity (Wildman–Crippen MR) is 204 cm³/mol. The summed E-state index contributed by atoms with van der Waals surface area (Å²) >= 11 is 0. The van der Waals surface area contributed by atoms with Crippen LogP contribution in [0.5, 0.6) is 0 Å². The number of rotatable bonds is 9. The van der Waals surface area contributed by atoms with E-state index in [0.29, 0.717) is 91.5 Å². The largest absolute Gasteiger partial charge is 0.481 e. The van der Waals surface area contributed by atoms with Crippen molar-refractivity contribution < 1.29 is 28.2 Å². The zero-order chi connectivity index (χ0) is 38.7. The lowest BCUT2D eigenvalue weighted by Crippen LogP contribution is -2.23. The zero-order valence-electron chi connectivity index (χ0n) is 30.6. The van der Waals surface area contributed by atoms with E-state index in [1.54, 1.807) is 12.3 Å². The van der Waals surface area contributed by atoms with Crippen molar-refractivity contribution in [2.24, 2.45) is 5.92 Å². The second-order valence-electron chi connectivity index (χ2n) is 15.0. The highest BCUT2D eigenvalue weighted by atomic mass is 19.3. The molecular formula is C42H38F2N8O4. The van der Waals surface area contributed by atoms with Crippen molar-refractivity contribution in [1.29, 1.82) is 5.26 Å². The fourth-order valence-electron chi connectivity index (χ4n) is 8.53. The smallest absolute Gasteiger partial charge is 0.307 e. The van der Waals surface area contributed by atoms with E-state index in [4.69, 9.17) is 14.4 Å². The number of hydrogen-bond donors (Lipinski definition) is 2. The first kappa shape index (κ1) is 35.8. The van der Waals surface area contributed by atoms with Gasteiger partial charge < -0.3 is 19.5 Å². The van der Waals surface area contributed by atoms with Crippen LogP contribution in [0.25, 0.3) is 44.7 Å². The minimum atomic E-state index is -2.89. The highest BCUT2D eigenvalue weighted by Gasteiger charge is 2.31. The van der Waals surface area contributed by atoms with Crippen molar-refractivity contribution in [2.45, 2.75) is 51.8 Å². The van der Waals surface area contributed by atoms with Crippen LogP contribution in [0.4, 0.5) is 20.3 Å². The number of aliphatic hydroxyl groups is 1. The summed E-state index contributed by atoms with van der Waals surface area (Å²) in [6.45, 7) is 6.00. The molecule has 2 atom stereocenters.